The van der Waals surface area contributed by atoms with Crippen LogP contribution in [0.5, 0.6) is 0 Å². The summed E-state index contributed by atoms with van der Waals surface area (Å²) in [6.07, 6.45) is -0.875. The monoisotopic (exact) mass is 205 g/mol. The SMILES string of the molecule is CNC(O)C(O)Br.Cl. The van der Waals surface area contributed by atoms with E-state index in [0.29, 0.717) is 0 Å². The molecule has 0 spiro atoms. The summed E-state index contributed by atoms with van der Waals surface area (Å²) >= 11 is 2.74. The maximum absolute atomic E-state index is 8.53. The summed E-state index contributed by atoms with van der Waals surface area (Å²) in [6, 6.07) is 0. The van der Waals surface area contributed by atoms with Crippen molar-refractivity contribution >= 4 is 28.3 Å². The maximum atomic E-state index is 8.53. The van der Waals surface area contributed by atoms with Crippen molar-refractivity contribution in [3.63, 3.8) is 0 Å². The van der Waals surface area contributed by atoms with Crippen molar-refractivity contribution in [3.05, 3.63) is 0 Å². The minimum absolute atomic E-state index is 0. The first-order valence-corrected chi connectivity index (χ1v) is 2.77. The number of halogens is 2. The molecule has 0 fully saturated rings. The van der Waals surface area contributed by atoms with Crippen LogP contribution in [0.15, 0.2) is 0 Å². The Bertz CT molecular complexity index is 54.5. The van der Waals surface area contributed by atoms with Gasteiger partial charge in [0, 0.05) is 0 Å². The quantitative estimate of drug-likeness (QED) is 0.428. The van der Waals surface area contributed by atoms with Gasteiger partial charge in [-0.05, 0) is 7.05 Å². The van der Waals surface area contributed by atoms with Gasteiger partial charge in [-0.15, -0.1) is 12.4 Å². The second kappa shape index (κ2) is 5.78. The smallest absolute Gasteiger partial charge is 0.148 e. The molecule has 52 valence electrons. The maximum Gasteiger partial charge on any atom is 0.148 e. The van der Waals surface area contributed by atoms with Gasteiger partial charge in [-0.3, -0.25) is 5.32 Å². The van der Waals surface area contributed by atoms with E-state index in [1.165, 1.54) is 0 Å². The summed E-state index contributed by atoms with van der Waals surface area (Å²) in [6.45, 7) is 0. The van der Waals surface area contributed by atoms with Crippen molar-refractivity contribution in [2.75, 3.05) is 7.05 Å². The second-order valence-corrected chi connectivity index (χ2v) is 2.04. The molecule has 3 nitrogen and oxygen atoms in total. The highest BCUT2D eigenvalue weighted by molar-refractivity contribution is 9.09. The van der Waals surface area contributed by atoms with Crippen LogP contribution in [0, 0.1) is 0 Å². The van der Waals surface area contributed by atoms with Gasteiger partial charge in [0.2, 0.25) is 0 Å². The molecular formula is C3H9BrClNO2. The molecule has 0 heterocycles. The van der Waals surface area contributed by atoms with Crippen molar-refractivity contribution in [1.29, 1.82) is 0 Å². The Morgan fingerprint density at radius 1 is 1.50 bits per heavy atom. The summed E-state index contributed by atoms with van der Waals surface area (Å²) in [5.41, 5.74) is 0. The number of aliphatic hydroxyl groups excluding tert-OH is 2. The number of hydrogen-bond acceptors (Lipinski definition) is 3. The molecule has 0 bridgehead atoms. The van der Waals surface area contributed by atoms with Gasteiger partial charge < -0.3 is 10.2 Å². The lowest BCUT2D eigenvalue weighted by molar-refractivity contribution is 0.0579. The molecule has 0 aromatic heterocycles. The van der Waals surface area contributed by atoms with Gasteiger partial charge in [0.1, 0.15) is 11.2 Å². The first-order valence-electron chi connectivity index (χ1n) is 1.86. The first-order chi connectivity index (χ1) is 3.18. The molecule has 0 rings (SSSR count). The standard InChI is InChI=1S/C3H8BrNO2.ClH/c1-5-3(7)2(4)6;/h2-3,5-7H,1H3;1H. The van der Waals surface area contributed by atoms with Crippen LogP contribution in [-0.4, -0.2) is 28.5 Å². The fourth-order valence-electron chi connectivity index (χ4n) is 0.138. The lowest BCUT2D eigenvalue weighted by Crippen LogP contribution is -2.33. The third kappa shape index (κ3) is 4.80. The third-order valence-electron chi connectivity index (χ3n) is 0.556. The summed E-state index contributed by atoms with van der Waals surface area (Å²) in [7, 11) is 1.55. The van der Waals surface area contributed by atoms with Crippen LogP contribution in [0.1, 0.15) is 0 Å². The summed E-state index contributed by atoms with van der Waals surface area (Å²) in [5.74, 6) is 0. The predicted octanol–water partition coefficient (Wildman–Crippen LogP) is -0.341. The first kappa shape index (κ1) is 11.4. The van der Waals surface area contributed by atoms with Gasteiger partial charge in [0.25, 0.3) is 0 Å². The van der Waals surface area contributed by atoms with E-state index in [9.17, 15) is 0 Å². The Labute approximate surface area is 62.6 Å². The molecule has 0 radical (unpaired) electrons. The molecule has 2 atom stereocenters. The molecule has 0 aliphatic carbocycles. The number of rotatable bonds is 2. The van der Waals surface area contributed by atoms with Gasteiger partial charge in [0.05, 0.1) is 0 Å². The lowest BCUT2D eigenvalue weighted by Gasteiger charge is -2.08. The minimum atomic E-state index is -0.877. The Morgan fingerprint density at radius 2 is 1.88 bits per heavy atom. The number of likely N-dealkylation sites (N-methyl/N-ethyl adjacent to an activating group) is 1. The van der Waals surface area contributed by atoms with E-state index in [2.05, 4.69) is 21.2 Å². The van der Waals surface area contributed by atoms with Crippen LogP contribution in [0.3, 0.4) is 0 Å². The molecule has 8 heavy (non-hydrogen) atoms. The van der Waals surface area contributed by atoms with E-state index in [0.717, 1.165) is 0 Å². The van der Waals surface area contributed by atoms with Gasteiger partial charge in [-0.2, -0.15) is 0 Å². The molecule has 0 saturated carbocycles. The minimum Gasteiger partial charge on any atom is -0.378 e. The lowest BCUT2D eigenvalue weighted by atomic mass is 10.6. The van der Waals surface area contributed by atoms with Crippen LogP contribution in [0.4, 0.5) is 0 Å². The van der Waals surface area contributed by atoms with Crippen molar-refractivity contribution in [3.8, 4) is 0 Å². The van der Waals surface area contributed by atoms with E-state index in [4.69, 9.17) is 10.2 Å². The normalized spacial score (nSPS) is 16.5. The highest BCUT2D eigenvalue weighted by Crippen LogP contribution is 1.95. The molecule has 2 unspecified atom stereocenters. The van der Waals surface area contributed by atoms with E-state index >= 15 is 0 Å². The van der Waals surface area contributed by atoms with Crippen LogP contribution in [0.25, 0.3) is 0 Å². The van der Waals surface area contributed by atoms with Crippen LogP contribution < -0.4 is 5.32 Å². The van der Waals surface area contributed by atoms with Crippen molar-refractivity contribution in [2.45, 2.75) is 11.2 Å². The summed E-state index contributed by atoms with van der Waals surface area (Å²) in [5, 5.41) is 18.5. The van der Waals surface area contributed by atoms with E-state index < -0.39 is 11.2 Å². The van der Waals surface area contributed by atoms with Crippen LogP contribution in [0.2, 0.25) is 0 Å². The highest BCUT2D eigenvalue weighted by Gasteiger charge is 2.06. The van der Waals surface area contributed by atoms with Gasteiger partial charge in [0.15, 0.2) is 0 Å². The zero-order valence-electron chi connectivity index (χ0n) is 4.34. The van der Waals surface area contributed by atoms with Crippen molar-refractivity contribution < 1.29 is 10.2 Å². The predicted molar refractivity (Wildman–Crippen MR) is 37.2 cm³/mol. The summed E-state index contributed by atoms with van der Waals surface area (Å²) in [4.78, 5) is 0. The van der Waals surface area contributed by atoms with E-state index in [-0.39, 0.29) is 12.4 Å². The van der Waals surface area contributed by atoms with Crippen LogP contribution in [-0.2, 0) is 0 Å². The van der Waals surface area contributed by atoms with Gasteiger partial charge in [-0.25, -0.2) is 0 Å². The number of alkyl halides is 1. The Kier molecular flexibility index (Phi) is 8.27. The highest BCUT2D eigenvalue weighted by atomic mass is 79.9. The third-order valence-corrected chi connectivity index (χ3v) is 1.06. The topological polar surface area (TPSA) is 52.5 Å². The zero-order chi connectivity index (χ0) is 5.86. The average molecular weight is 206 g/mol. The Morgan fingerprint density at radius 3 is 1.88 bits per heavy atom. The zero-order valence-corrected chi connectivity index (χ0v) is 6.74. The molecule has 0 aromatic carbocycles. The molecule has 0 aliphatic heterocycles. The molecule has 0 aromatic rings. The molecule has 0 aliphatic rings. The second-order valence-electron chi connectivity index (χ2n) is 1.11. The Hall–Kier alpha value is 0.650. The summed E-state index contributed by atoms with van der Waals surface area (Å²) < 4.78 is 0. The van der Waals surface area contributed by atoms with Crippen molar-refractivity contribution in [1.82, 2.24) is 5.32 Å². The van der Waals surface area contributed by atoms with Crippen LogP contribution >= 0.6 is 28.3 Å². The Balaban J connectivity index is 0. The molecule has 0 amide bonds. The van der Waals surface area contributed by atoms with E-state index in [1.54, 1.807) is 7.05 Å². The number of aliphatic hydroxyl groups is 2. The molecular weight excluding hydrogens is 197 g/mol. The number of hydrogen-bond donors (Lipinski definition) is 3. The fourth-order valence-corrected chi connectivity index (χ4v) is 0.402. The fraction of sp³-hybridized carbons (Fsp3) is 1.00. The molecule has 0 saturated heterocycles. The largest absolute Gasteiger partial charge is 0.378 e. The van der Waals surface area contributed by atoms with Crippen molar-refractivity contribution in [2.24, 2.45) is 0 Å². The van der Waals surface area contributed by atoms with Gasteiger partial charge in [-0.1, -0.05) is 15.9 Å². The molecule has 5 heteroatoms. The average Bonchev–Trinajstić information content (AvgIpc) is 1.65. The molecule has 3 N–H and O–H groups in total. The number of nitrogens with one attached hydrogen (secondary N) is 1. The van der Waals surface area contributed by atoms with E-state index in [1.807, 2.05) is 0 Å². The van der Waals surface area contributed by atoms with Gasteiger partial charge >= 0.3 is 0 Å².